The molecule has 1 aliphatic rings. The molecule has 1 saturated heterocycles. The van der Waals surface area contributed by atoms with E-state index in [9.17, 15) is 5.26 Å². The minimum atomic E-state index is 0.190. The zero-order valence-corrected chi connectivity index (χ0v) is 14.2. The summed E-state index contributed by atoms with van der Waals surface area (Å²) in [7, 11) is 0. The van der Waals surface area contributed by atoms with E-state index in [-0.39, 0.29) is 5.92 Å². The Morgan fingerprint density at radius 3 is 1.67 bits per heavy atom. The summed E-state index contributed by atoms with van der Waals surface area (Å²) in [6, 6.07) is 23.9. The molecule has 0 aliphatic carbocycles. The second-order valence-corrected chi connectivity index (χ2v) is 6.88. The van der Waals surface area contributed by atoms with Crippen molar-refractivity contribution < 1.29 is 9.80 Å². The minimum Gasteiger partial charge on any atom is -0.287 e. The third-order valence-corrected chi connectivity index (χ3v) is 4.97. The first-order valence-electron chi connectivity index (χ1n) is 8.98. The molecule has 3 rings (SSSR count). The molecule has 1 fully saturated rings. The maximum atomic E-state index is 9.42. The van der Waals surface area contributed by atoms with Crippen molar-refractivity contribution in [1.29, 1.82) is 5.26 Å². The van der Waals surface area contributed by atoms with Crippen molar-refractivity contribution in [3.63, 3.8) is 0 Å². The molecule has 2 atom stereocenters. The van der Waals surface area contributed by atoms with Crippen LogP contribution in [-0.2, 0) is 12.8 Å². The second-order valence-electron chi connectivity index (χ2n) is 6.88. The summed E-state index contributed by atoms with van der Waals surface area (Å²) in [5, 5.41) is 9.42. The van der Waals surface area contributed by atoms with Crippen LogP contribution in [0, 0.1) is 17.2 Å². The van der Waals surface area contributed by atoms with Gasteiger partial charge in [-0.1, -0.05) is 60.7 Å². The first-order valence-corrected chi connectivity index (χ1v) is 8.98. The molecule has 0 saturated carbocycles. The van der Waals surface area contributed by atoms with Gasteiger partial charge in [-0.05, 0) is 11.1 Å². The maximum Gasteiger partial charge on any atom is 0.204 e. The van der Waals surface area contributed by atoms with Gasteiger partial charge in [-0.3, -0.25) is 9.80 Å². The van der Waals surface area contributed by atoms with Crippen LogP contribution in [0.5, 0.6) is 0 Å². The monoisotopic (exact) mass is 321 g/mol. The summed E-state index contributed by atoms with van der Waals surface area (Å²) >= 11 is 0. The van der Waals surface area contributed by atoms with Crippen molar-refractivity contribution in [3.05, 3.63) is 71.8 Å². The van der Waals surface area contributed by atoms with Crippen LogP contribution in [0.25, 0.3) is 0 Å². The Balaban J connectivity index is 1.52. The molecule has 1 aliphatic heterocycles. The normalized spacial score (nSPS) is 23.5. The van der Waals surface area contributed by atoms with E-state index in [1.54, 1.807) is 9.80 Å². The van der Waals surface area contributed by atoms with Crippen molar-refractivity contribution in [2.75, 3.05) is 32.8 Å². The lowest BCUT2D eigenvalue weighted by atomic mass is 10.1. The Hall–Kier alpha value is -2.15. The summed E-state index contributed by atoms with van der Waals surface area (Å²) in [6.07, 6.45) is 2.20. The van der Waals surface area contributed by atoms with Gasteiger partial charge in [0, 0.05) is 12.8 Å². The smallest absolute Gasteiger partial charge is 0.204 e. The molecule has 2 unspecified atom stereocenters. The SMILES string of the molecule is N#CC1C[NH+](CCc2ccccc2)C[NH+](CCc2ccccc2)C1. The molecule has 3 heteroatoms. The third-order valence-electron chi connectivity index (χ3n) is 4.97. The molecule has 124 valence electrons. The van der Waals surface area contributed by atoms with Crippen LogP contribution in [0.3, 0.4) is 0 Å². The standard InChI is InChI=1S/C21H25N3/c22-15-21-16-23(13-11-19-7-3-1-4-8-19)18-24(17-21)14-12-20-9-5-2-6-10-20/h1-10,21H,11-14,16-18H2/p+2. The van der Waals surface area contributed by atoms with E-state index in [1.165, 1.54) is 11.1 Å². The van der Waals surface area contributed by atoms with E-state index < -0.39 is 0 Å². The van der Waals surface area contributed by atoms with E-state index >= 15 is 0 Å². The number of nitrogens with one attached hydrogen (secondary N) is 2. The number of hydrogen-bond donors (Lipinski definition) is 2. The van der Waals surface area contributed by atoms with E-state index in [0.29, 0.717) is 0 Å². The highest BCUT2D eigenvalue weighted by Gasteiger charge is 2.30. The lowest BCUT2D eigenvalue weighted by Crippen LogP contribution is -3.34. The summed E-state index contributed by atoms with van der Waals surface area (Å²) < 4.78 is 0. The van der Waals surface area contributed by atoms with E-state index in [0.717, 1.165) is 45.7 Å². The molecule has 1 heterocycles. The van der Waals surface area contributed by atoms with Gasteiger partial charge < -0.3 is 0 Å². The van der Waals surface area contributed by atoms with Crippen LogP contribution in [-0.4, -0.2) is 32.8 Å². The van der Waals surface area contributed by atoms with Crippen molar-refractivity contribution in [2.24, 2.45) is 5.92 Å². The quantitative estimate of drug-likeness (QED) is 0.791. The van der Waals surface area contributed by atoms with Gasteiger partial charge in [0.2, 0.25) is 6.67 Å². The summed E-state index contributed by atoms with van der Waals surface area (Å²) in [4.78, 5) is 3.14. The molecular weight excluding hydrogens is 294 g/mol. The average Bonchev–Trinajstić information content (AvgIpc) is 2.66. The van der Waals surface area contributed by atoms with Crippen molar-refractivity contribution >= 4 is 0 Å². The predicted octanol–water partition coefficient (Wildman–Crippen LogP) is 0.352. The Morgan fingerprint density at radius 2 is 1.25 bits per heavy atom. The van der Waals surface area contributed by atoms with E-state index in [4.69, 9.17) is 0 Å². The van der Waals surface area contributed by atoms with Crippen LogP contribution in [0.15, 0.2) is 60.7 Å². The molecule has 0 aromatic heterocycles. The first kappa shape index (κ1) is 16.7. The molecule has 3 nitrogen and oxygen atoms in total. The van der Waals surface area contributed by atoms with Crippen LogP contribution in [0.4, 0.5) is 0 Å². The number of hydrogen-bond acceptors (Lipinski definition) is 1. The van der Waals surface area contributed by atoms with Gasteiger partial charge in [0.25, 0.3) is 0 Å². The molecule has 2 N–H and O–H groups in total. The fraction of sp³-hybridized carbons (Fsp3) is 0.381. The van der Waals surface area contributed by atoms with Crippen molar-refractivity contribution in [3.8, 4) is 6.07 Å². The topological polar surface area (TPSA) is 32.7 Å². The fourth-order valence-corrected chi connectivity index (χ4v) is 3.67. The lowest BCUT2D eigenvalue weighted by molar-refractivity contribution is -1.10. The maximum absolute atomic E-state index is 9.42. The average molecular weight is 321 g/mol. The minimum absolute atomic E-state index is 0.190. The number of nitriles is 1. The largest absolute Gasteiger partial charge is 0.287 e. The third kappa shape index (κ3) is 4.92. The molecule has 0 amide bonds. The van der Waals surface area contributed by atoms with Gasteiger partial charge in [0.15, 0.2) is 0 Å². The first-order chi connectivity index (χ1) is 11.8. The number of rotatable bonds is 6. The molecule has 0 bridgehead atoms. The molecular formula is C21H27N3+2. The highest BCUT2D eigenvalue weighted by molar-refractivity contribution is 5.15. The van der Waals surface area contributed by atoms with Crippen LogP contribution < -0.4 is 9.80 Å². The predicted molar refractivity (Wildman–Crippen MR) is 95.7 cm³/mol. The number of quaternary nitrogens is 2. The van der Waals surface area contributed by atoms with Gasteiger partial charge in [0.1, 0.15) is 19.0 Å². The molecule has 2 aromatic carbocycles. The lowest BCUT2D eigenvalue weighted by Gasteiger charge is -2.32. The summed E-state index contributed by atoms with van der Waals surface area (Å²) in [5.74, 6) is 0.190. The highest BCUT2D eigenvalue weighted by atomic mass is 15.3. The summed E-state index contributed by atoms with van der Waals surface area (Å²) in [5.41, 5.74) is 2.80. The molecule has 2 aromatic rings. The Morgan fingerprint density at radius 1 is 0.792 bits per heavy atom. The Bertz CT molecular complexity index is 596. The van der Waals surface area contributed by atoms with Crippen LogP contribution in [0.1, 0.15) is 11.1 Å². The highest BCUT2D eigenvalue weighted by Crippen LogP contribution is 1.99. The van der Waals surface area contributed by atoms with E-state index in [2.05, 4.69) is 66.7 Å². The van der Waals surface area contributed by atoms with Crippen molar-refractivity contribution in [1.82, 2.24) is 0 Å². The van der Waals surface area contributed by atoms with Gasteiger partial charge in [-0.15, -0.1) is 0 Å². The van der Waals surface area contributed by atoms with Gasteiger partial charge in [0.05, 0.1) is 19.2 Å². The fourth-order valence-electron chi connectivity index (χ4n) is 3.67. The Labute approximate surface area is 145 Å². The number of nitrogens with zero attached hydrogens (tertiary/aromatic N) is 1. The molecule has 0 spiro atoms. The zero-order valence-electron chi connectivity index (χ0n) is 14.2. The van der Waals surface area contributed by atoms with E-state index in [1.807, 2.05) is 0 Å². The van der Waals surface area contributed by atoms with Crippen molar-refractivity contribution in [2.45, 2.75) is 12.8 Å². The zero-order chi connectivity index (χ0) is 16.6. The Kier molecular flexibility index (Phi) is 6.01. The summed E-state index contributed by atoms with van der Waals surface area (Å²) in [6.45, 7) is 5.38. The molecule has 24 heavy (non-hydrogen) atoms. The van der Waals surface area contributed by atoms with Gasteiger partial charge >= 0.3 is 0 Å². The second kappa shape index (κ2) is 8.63. The number of benzene rings is 2. The van der Waals surface area contributed by atoms with Gasteiger partial charge in [-0.2, -0.15) is 5.26 Å². The van der Waals surface area contributed by atoms with Crippen LogP contribution >= 0.6 is 0 Å². The molecule has 0 radical (unpaired) electrons. The van der Waals surface area contributed by atoms with Gasteiger partial charge in [-0.25, -0.2) is 0 Å². The van der Waals surface area contributed by atoms with Crippen LogP contribution in [0.2, 0.25) is 0 Å².